The number of alkyl halides is 1. The predicted molar refractivity (Wildman–Crippen MR) is 88.9 cm³/mol. The number of hydrogen-bond acceptors (Lipinski definition) is 1. The summed E-state index contributed by atoms with van der Waals surface area (Å²) in [5.74, 6) is 0.130. The fraction of sp³-hybridized carbons (Fsp3) is 0.500. The monoisotopic (exact) mass is 451 g/mol. The number of benzene rings is 1. The van der Waals surface area contributed by atoms with Crippen molar-refractivity contribution in [1.82, 2.24) is 4.90 Å². The molecule has 1 fully saturated rings. The van der Waals surface area contributed by atoms with Crippen molar-refractivity contribution in [2.24, 2.45) is 0 Å². The number of likely N-dealkylation sites (tertiary alicyclic amines) is 1. The molecule has 104 valence electrons. The number of nitrogens with zero attached hydrogens (tertiary/aromatic N) is 1. The molecule has 1 aromatic carbocycles. The highest BCUT2D eigenvalue weighted by molar-refractivity contribution is 9.11. The second-order valence-electron chi connectivity index (χ2n) is 4.78. The van der Waals surface area contributed by atoms with Gasteiger partial charge in [0, 0.05) is 26.9 Å². The lowest BCUT2D eigenvalue weighted by Gasteiger charge is -2.29. The average molecular weight is 454 g/mol. The first-order valence-corrected chi connectivity index (χ1v) is 9.16. The van der Waals surface area contributed by atoms with Crippen LogP contribution >= 0.6 is 47.8 Å². The molecule has 1 amide bonds. The molecule has 2 rings (SSSR count). The second-order valence-corrected chi connectivity index (χ2v) is 7.20. The minimum Gasteiger partial charge on any atom is -0.335 e. The number of carbonyl (C=O) groups is 1. The van der Waals surface area contributed by atoms with Crippen LogP contribution in [0.25, 0.3) is 0 Å². The fourth-order valence-corrected chi connectivity index (χ4v) is 4.31. The molecule has 0 N–H and O–H groups in total. The van der Waals surface area contributed by atoms with Crippen molar-refractivity contribution in [3.05, 3.63) is 32.7 Å². The van der Waals surface area contributed by atoms with Crippen molar-refractivity contribution in [2.45, 2.75) is 31.7 Å². The van der Waals surface area contributed by atoms with Crippen molar-refractivity contribution < 1.29 is 4.79 Å². The van der Waals surface area contributed by atoms with Crippen LogP contribution in [0, 0.1) is 0 Å². The number of rotatable bonds is 2. The molecule has 1 aromatic rings. The molecule has 0 saturated carbocycles. The van der Waals surface area contributed by atoms with E-state index in [2.05, 4.69) is 47.8 Å². The van der Waals surface area contributed by atoms with E-state index in [1.54, 1.807) is 0 Å². The van der Waals surface area contributed by atoms with Crippen LogP contribution < -0.4 is 0 Å². The number of amides is 1. The van der Waals surface area contributed by atoms with Gasteiger partial charge in [0.15, 0.2) is 0 Å². The van der Waals surface area contributed by atoms with Crippen LogP contribution in [0.1, 0.15) is 36.0 Å². The Kier molecular flexibility index (Phi) is 5.90. The molecule has 1 unspecified atom stereocenters. The third kappa shape index (κ3) is 3.82. The van der Waals surface area contributed by atoms with E-state index in [-0.39, 0.29) is 5.91 Å². The van der Waals surface area contributed by atoms with Gasteiger partial charge >= 0.3 is 0 Å². The molecule has 19 heavy (non-hydrogen) atoms. The van der Waals surface area contributed by atoms with E-state index in [1.165, 1.54) is 12.8 Å². The van der Waals surface area contributed by atoms with Gasteiger partial charge in [-0.2, -0.15) is 0 Å². The van der Waals surface area contributed by atoms with E-state index >= 15 is 0 Å². The maximum atomic E-state index is 12.7. The quantitative estimate of drug-likeness (QED) is 0.577. The molecule has 0 radical (unpaired) electrons. The Hall–Kier alpha value is 0.130. The molecule has 1 saturated heterocycles. The molecule has 0 spiro atoms. The maximum Gasteiger partial charge on any atom is 0.255 e. The zero-order valence-electron chi connectivity index (χ0n) is 10.5. The summed E-state index contributed by atoms with van der Waals surface area (Å²) < 4.78 is 1.83. The summed E-state index contributed by atoms with van der Waals surface area (Å²) in [5, 5.41) is 0.854. The van der Waals surface area contributed by atoms with E-state index in [1.807, 2.05) is 23.1 Å². The molecule has 1 aliphatic rings. The smallest absolute Gasteiger partial charge is 0.255 e. The number of halogens is 3. The maximum absolute atomic E-state index is 12.7. The molecule has 1 aliphatic heterocycles. The van der Waals surface area contributed by atoms with Crippen molar-refractivity contribution >= 4 is 53.7 Å². The third-order valence-electron chi connectivity index (χ3n) is 3.48. The van der Waals surface area contributed by atoms with Crippen LogP contribution in [-0.4, -0.2) is 28.7 Å². The fourth-order valence-electron chi connectivity index (χ4n) is 2.42. The minimum atomic E-state index is 0.130. The van der Waals surface area contributed by atoms with Crippen molar-refractivity contribution in [2.75, 3.05) is 11.9 Å². The Morgan fingerprint density at radius 2 is 2.05 bits per heavy atom. The summed E-state index contributed by atoms with van der Waals surface area (Å²) in [6, 6.07) is 6.03. The highest BCUT2D eigenvalue weighted by atomic mass is 79.9. The van der Waals surface area contributed by atoms with E-state index < -0.39 is 0 Å². The first kappa shape index (κ1) is 15.5. The van der Waals surface area contributed by atoms with Gasteiger partial charge in [-0.1, -0.05) is 44.7 Å². The summed E-state index contributed by atoms with van der Waals surface area (Å²) in [6.07, 6.45) is 4.62. The van der Waals surface area contributed by atoms with Crippen LogP contribution in [0.2, 0.25) is 0 Å². The molecule has 0 aromatic heterocycles. The first-order chi connectivity index (χ1) is 9.13. The molecule has 1 heterocycles. The van der Waals surface area contributed by atoms with Crippen molar-refractivity contribution in [3.63, 3.8) is 0 Å². The van der Waals surface area contributed by atoms with Crippen LogP contribution in [0.4, 0.5) is 0 Å². The summed E-state index contributed by atoms with van der Waals surface area (Å²) >= 11 is 10.4. The predicted octanol–water partition coefficient (Wildman–Crippen LogP) is 4.99. The van der Waals surface area contributed by atoms with E-state index in [4.69, 9.17) is 0 Å². The van der Waals surface area contributed by atoms with Crippen molar-refractivity contribution in [3.8, 4) is 0 Å². The van der Waals surface area contributed by atoms with Gasteiger partial charge in [-0.3, -0.25) is 4.79 Å². The zero-order valence-corrected chi connectivity index (χ0v) is 15.3. The van der Waals surface area contributed by atoms with Crippen LogP contribution in [0.5, 0.6) is 0 Å². The Morgan fingerprint density at radius 3 is 2.74 bits per heavy atom. The van der Waals surface area contributed by atoms with Crippen LogP contribution in [0.3, 0.4) is 0 Å². The Balaban J connectivity index is 2.25. The number of carbonyl (C=O) groups excluding carboxylic acids is 1. The molecule has 0 aliphatic carbocycles. The molecule has 0 bridgehead atoms. The van der Waals surface area contributed by atoms with Gasteiger partial charge in [-0.25, -0.2) is 0 Å². The molecule has 2 nitrogen and oxygen atoms in total. The minimum absolute atomic E-state index is 0.130. The summed E-state index contributed by atoms with van der Waals surface area (Å²) in [5.41, 5.74) is 0.746. The van der Waals surface area contributed by atoms with Crippen LogP contribution in [-0.2, 0) is 0 Å². The van der Waals surface area contributed by atoms with Gasteiger partial charge in [0.25, 0.3) is 5.91 Å². The average Bonchev–Trinajstić information content (AvgIpc) is 2.63. The summed E-state index contributed by atoms with van der Waals surface area (Å²) in [6.45, 7) is 0.859. The molecular weight excluding hydrogens is 438 g/mol. The normalized spacial score (nSPS) is 20.2. The topological polar surface area (TPSA) is 20.3 Å². The van der Waals surface area contributed by atoms with Gasteiger partial charge in [0.2, 0.25) is 0 Å². The van der Waals surface area contributed by atoms with Gasteiger partial charge in [0.1, 0.15) is 0 Å². The lowest BCUT2D eigenvalue weighted by molar-refractivity contribution is 0.0701. The van der Waals surface area contributed by atoms with Gasteiger partial charge in [0.05, 0.1) is 5.56 Å². The summed E-state index contributed by atoms with van der Waals surface area (Å²) in [7, 11) is 0. The summed E-state index contributed by atoms with van der Waals surface area (Å²) in [4.78, 5) is 14.7. The van der Waals surface area contributed by atoms with E-state index in [9.17, 15) is 4.79 Å². The first-order valence-electron chi connectivity index (χ1n) is 6.45. The van der Waals surface area contributed by atoms with Gasteiger partial charge in [-0.05, 0) is 47.0 Å². The third-order valence-corrected chi connectivity index (χ3v) is 5.37. The highest BCUT2D eigenvalue weighted by Gasteiger charge is 2.26. The highest BCUT2D eigenvalue weighted by Crippen LogP contribution is 2.26. The second kappa shape index (κ2) is 7.23. The lowest BCUT2D eigenvalue weighted by atomic mass is 10.1. The number of hydrogen-bond donors (Lipinski definition) is 0. The molecule has 1 atom stereocenters. The van der Waals surface area contributed by atoms with Crippen LogP contribution in [0.15, 0.2) is 27.1 Å². The van der Waals surface area contributed by atoms with E-state index in [0.29, 0.717) is 6.04 Å². The van der Waals surface area contributed by atoms with Gasteiger partial charge < -0.3 is 4.90 Å². The Labute approximate surface area is 139 Å². The Bertz CT molecular complexity index is 464. The largest absolute Gasteiger partial charge is 0.335 e. The Morgan fingerprint density at radius 1 is 1.26 bits per heavy atom. The molecular formula is C14H16Br3NO. The van der Waals surface area contributed by atoms with Gasteiger partial charge in [-0.15, -0.1) is 0 Å². The zero-order chi connectivity index (χ0) is 13.8. The molecule has 5 heteroatoms. The SMILES string of the molecule is O=C(c1ccc(Br)cc1Br)N1CCCCCC1CBr. The standard InChI is InChI=1S/C14H16Br3NO/c15-9-11-4-2-1-3-7-18(11)14(19)12-6-5-10(16)8-13(12)17/h5-6,8,11H,1-4,7,9H2. The lowest BCUT2D eigenvalue weighted by Crippen LogP contribution is -2.41. The van der Waals surface area contributed by atoms with Crippen molar-refractivity contribution in [1.29, 1.82) is 0 Å². The van der Waals surface area contributed by atoms with E-state index in [0.717, 1.165) is 39.2 Å².